The second-order valence-electron chi connectivity index (χ2n) is 8.09. The molecule has 0 radical (unpaired) electrons. The van der Waals surface area contributed by atoms with Crippen molar-refractivity contribution < 1.29 is 14.6 Å². The molecule has 0 aliphatic carbocycles. The molecule has 5 rings (SSSR count). The molecule has 1 aliphatic rings. The van der Waals surface area contributed by atoms with E-state index in [1.165, 1.54) is 5.56 Å². The first-order valence-electron chi connectivity index (χ1n) is 11.0. The van der Waals surface area contributed by atoms with Crippen LogP contribution in [0, 0.1) is 0 Å². The van der Waals surface area contributed by atoms with E-state index in [4.69, 9.17) is 26.4 Å². The van der Waals surface area contributed by atoms with E-state index in [1.807, 2.05) is 66.7 Å². The minimum atomic E-state index is -0.785. The number of benzene rings is 3. The second kappa shape index (κ2) is 9.92. The summed E-state index contributed by atoms with van der Waals surface area (Å²) in [5, 5.41) is 10.8. The molecular weight excluding hydrogens is 466 g/mol. The number of ether oxygens (including phenoxy) is 1. The lowest BCUT2D eigenvalue weighted by Crippen LogP contribution is -2.03. The van der Waals surface area contributed by atoms with E-state index in [1.54, 1.807) is 11.8 Å². The fourth-order valence-electron chi connectivity index (χ4n) is 4.08. The van der Waals surface area contributed by atoms with Gasteiger partial charge >= 0.3 is 5.97 Å². The van der Waals surface area contributed by atoms with Gasteiger partial charge < -0.3 is 9.84 Å². The molecule has 4 nitrogen and oxygen atoms in total. The molecule has 1 N–H and O–H groups in total. The molecule has 34 heavy (non-hydrogen) atoms. The number of aliphatic carboxylic acids is 1. The van der Waals surface area contributed by atoms with Crippen molar-refractivity contribution in [3.63, 3.8) is 0 Å². The summed E-state index contributed by atoms with van der Waals surface area (Å²) >= 11 is 7.76. The third-order valence-electron chi connectivity index (χ3n) is 5.76. The molecule has 1 unspecified atom stereocenters. The third-order valence-corrected chi connectivity index (χ3v) is 7.28. The Hall–Kier alpha value is -3.28. The summed E-state index contributed by atoms with van der Waals surface area (Å²) in [6.45, 7) is 0.498. The third kappa shape index (κ3) is 4.96. The number of nitrogens with zero attached hydrogens (tertiary/aromatic N) is 1. The maximum Gasteiger partial charge on any atom is 0.304 e. The summed E-state index contributed by atoms with van der Waals surface area (Å²) in [6, 6.07) is 24.1. The molecule has 0 saturated carbocycles. The van der Waals surface area contributed by atoms with E-state index in [0.717, 1.165) is 39.0 Å². The zero-order chi connectivity index (χ0) is 23.5. The lowest BCUT2D eigenvalue weighted by molar-refractivity contribution is -0.136. The first-order valence-corrected chi connectivity index (χ1v) is 12.4. The Morgan fingerprint density at radius 3 is 2.79 bits per heavy atom. The van der Waals surface area contributed by atoms with Gasteiger partial charge in [-0.15, -0.1) is 11.8 Å². The van der Waals surface area contributed by atoms with Gasteiger partial charge in [0.15, 0.2) is 0 Å². The standard InChI is InChI=1S/C28H22ClNO3S/c29-21-9-7-19-8-11-22(30-25(19)16-21)10-5-18-6-12-26-24(15-18)28(34-14-13-27(31)32)23-4-2-1-3-20(23)17-33-26/h1-12,15-16,28H,13-14,17H2,(H,31,32)/b10-5+. The van der Waals surface area contributed by atoms with E-state index < -0.39 is 5.97 Å². The molecule has 1 aromatic heterocycles. The normalized spacial score (nSPS) is 14.9. The van der Waals surface area contributed by atoms with Gasteiger partial charge in [-0.25, -0.2) is 4.98 Å². The van der Waals surface area contributed by atoms with Gasteiger partial charge in [0.1, 0.15) is 12.4 Å². The highest BCUT2D eigenvalue weighted by atomic mass is 35.5. The van der Waals surface area contributed by atoms with Crippen molar-refractivity contribution in [3.05, 3.63) is 106 Å². The number of halogens is 1. The summed E-state index contributed by atoms with van der Waals surface area (Å²) < 4.78 is 6.13. The molecule has 2 heterocycles. The molecule has 6 heteroatoms. The molecule has 0 spiro atoms. The Kier molecular flexibility index (Phi) is 6.57. The number of fused-ring (bicyclic) bond motifs is 3. The molecule has 4 aromatic rings. The zero-order valence-electron chi connectivity index (χ0n) is 18.3. The summed E-state index contributed by atoms with van der Waals surface area (Å²) in [7, 11) is 0. The summed E-state index contributed by atoms with van der Waals surface area (Å²) in [4.78, 5) is 15.8. The van der Waals surface area contributed by atoms with E-state index in [0.29, 0.717) is 17.4 Å². The molecular formula is C28H22ClNO3S. The molecule has 3 aromatic carbocycles. The van der Waals surface area contributed by atoms with Crippen LogP contribution in [-0.4, -0.2) is 21.8 Å². The van der Waals surface area contributed by atoms with Gasteiger partial charge in [0.25, 0.3) is 0 Å². The SMILES string of the molecule is O=C(O)CCSC1c2ccccc2COc2ccc(/C=C/c3ccc4ccc(Cl)cc4n3)cc21. The number of carbonyl (C=O) groups is 1. The largest absolute Gasteiger partial charge is 0.489 e. The van der Waals surface area contributed by atoms with E-state index in [-0.39, 0.29) is 11.7 Å². The van der Waals surface area contributed by atoms with E-state index >= 15 is 0 Å². The Balaban J connectivity index is 1.47. The fraction of sp³-hybridized carbons (Fsp3) is 0.143. The Bertz CT molecular complexity index is 1400. The lowest BCUT2D eigenvalue weighted by Gasteiger charge is -2.19. The summed E-state index contributed by atoms with van der Waals surface area (Å²) in [6.07, 6.45) is 4.14. The van der Waals surface area contributed by atoms with Crippen LogP contribution in [0.25, 0.3) is 23.1 Å². The van der Waals surface area contributed by atoms with Crippen molar-refractivity contribution >= 4 is 52.4 Å². The Morgan fingerprint density at radius 2 is 1.91 bits per heavy atom. The van der Waals surface area contributed by atoms with Crippen LogP contribution in [0.15, 0.2) is 72.8 Å². The van der Waals surface area contributed by atoms with Crippen LogP contribution in [0.2, 0.25) is 5.02 Å². The number of thioether (sulfide) groups is 1. The Labute approximate surface area is 207 Å². The van der Waals surface area contributed by atoms with Gasteiger partial charge in [0.2, 0.25) is 0 Å². The monoisotopic (exact) mass is 487 g/mol. The number of carboxylic acids is 1. The highest BCUT2D eigenvalue weighted by Crippen LogP contribution is 2.44. The van der Waals surface area contributed by atoms with E-state index in [9.17, 15) is 4.79 Å². The average Bonchev–Trinajstić information content (AvgIpc) is 2.99. The highest BCUT2D eigenvalue weighted by Gasteiger charge is 2.25. The average molecular weight is 488 g/mol. The van der Waals surface area contributed by atoms with Crippen LogP contribution in [0.5, 0.6) is 5.75 Å². The number of aromatic nitrogens is 1. The number of carboxylic acid groups (broad SMARTS) is 1. The molecule has 0 amide bonds. The predicted octanol–water partition coefficient (Wildman–Crippen LogP) is 7.25. The van der Waals surface area contributed by atoms with Crippen molar-refractivity contribution in [1.82, 2.24) is 4.98 Å². The number of hydrogen-bond donors (Lipinski definition) is 1. The topological polar surface area (TPSA) is 59.4 Å². The Morgan fingerprint density at radius 1 is 1.06 bits per heavy atom. The molecule has 1 aliphatic heterocycles. The molecule has 170 valence electrons. The van der Waals surface area contributed by atoms with Crippen molar-refractivity contribution in [2.75, 3.05) is 5.75 Å². The fourth-order valence-corrected chi connectivity index (χ4v) is 5.54. The van der Waals surface area contributed by atoms with Crippen LogP contribution in [0.4, 0.5) is 0 Å². The van der Waals surface area contributed by atoms with Crippen LogP contribution in [0.3, 0.4) is 0 Å². The minimum Gasteiger partial charge on any atom is -0.489 e. The van der Waals surface area contributed by atoms with Crippen molar-refractivity contribution in [3.8, 4) is 5.75 Å². The number of rotatable bonds is 6. The summed E-state index contributed by atoms with van der Waals surface area (Å²) in [5.41, 5.74) is 6.09. The second-order valence-corrected chi connectivity index (χ2v) is 9.74. The maximum atomic E-state index is 11.1. The van der Waals surface area contributed by atoms with Gasteiger partial charge in [-0.3, -0.25) is 4.79 Å². The first kappa shape index (κ1) is 22.5. The highest BCUT2D eigenvalue weighted by molar-refractivity contribution is 7.99. The molecule has 0 saturated heterocycles. The van der Waals surface area contributed by atoms with Crippen LogP contribution in [-0.2, 0) is 11.4 Å². The van der Waals surface area contributed by atoms with Crippen molar-refractivity contribution in [2.45, 2.75) is 18.3 Å². The van der Waals surface area contributed by atoms with Gasteiger partial charge in [0, 0.05) is 21.7 Å². The van der Waals surface area contributed by atoms with Gasteiger partial charge in [0.05, 0.1) is 22.9 Å². The first-order chi connectivity index (χ1) is 16.6. The zero-order valence-corrected chi connectivity index (χ0v) is 19.9. The van der Waals surface area contributed by atoms with Crippen molar-refractivity contribution in [1.29, 1.82) is 0 Å². The van der Waals surface area contributed by atoms with Gasteiger partial charge in [-0.2, -0.15) is 0 Å². The van der Waals surface area contributed by atoms with Crippen LogP contribution < -0.4 is 4.74 Å². The smallest absolute Gasteiger partial charge is 0.304 e. The van der Waals surface area contributed by atoms with E-state index in [2.05, 4.69) is 18.2 Å². The minimum absolute atomic E-state index is 0.00216. The molecule has 1 atom stereocenters. The number of pyridine rings is 1. The van der Waals surface area contributed by atoms with Crippen molar-refractivity contribution in [2.24, 2.45) is 0 Å². The summed E-state index contributed by atoms with van der Waals surface area (Å²) in [5.74, 6) is 0.573. The quantitative estimate of drug-likeness (QED) is 0.310. The van der Waals surface area contributed by atoms with Crippen LogP contribution in [0.1, 0.15) is 39.6 Å². The maximum absolute atomic E-state index is 11.1. The van der Waals surface area contributed by atoms with Crippen LogP contribution >= 0.6 is 23.4 Å². The predicted molar refractivity (Wildman–Crippen MR) is 139 cm³/mol. The molecule has 0 fully saturated rings. The van der Waals surface area contributed by atoms with Gasteiger partial charge in [-0.05, 0) is 53.1 Å². The van der Waals surface area contributed by atoms with Gasteiger partial charge in [-0.1, -0.05) is 60.1 Å². The molecule has 0 bridgehead atoms. The lowest BCUT2D eigenvalue weighted by atomic mass is 9.98. The number of hydrogen-bond acceptors (Lipinski definition) is 4.